The van der Waals surface area contributed by atoms with Crippen molar-refractivity contribution >= 4 is 17.2 Å². The molecule has 0 atom stereocenters. The van der Waals surface area contributed by atoms with Crippen LogP contribution >= 0.6 is 0 Å². The highest BCUT2D eigenvalue weighted by molar-refractivity contribution is 5.70. The number of fused-ring (bicyclic) bond motifs is 1. The fourth-order valence-corrected chi connectivity index (χ4v) is 3.60. The van der Waals surface area contributed by atoms with E-state index in [4.69, 9.17) is 0 Å². The molecule has 10 heteroatoms. The zero-order valence-electron chi connectivity index (χ0n) is 16.9. The molecule has 1 aliphatic rings. The monoisotopic (exact) mass is 453 g/mol. The van der Waals surface area contributed by atoms with Crippen LogP contribution in [0.1, 0.15) is 30.0 Å². The molecular formula is C23H15F4N5O. The molecule has 1 fully saturated rings. The number of ether oxygens (including phenoxy) is 1. The molecule has 0 bridgehead atoms. The molecule has 1 saturated carbocycles. The van der Waals surface area contributed by atoms with Crippen LogP contribution in [0.2, 0.25) is 0 Å². The molecule has 0 saturated heterocycles. The number of anilines is 2. The predicted molar refractivity (Wildman–Crippen MR) is 111 cm³/mol. The molecule has 1 aromatic carbocycles. The molecule has 5 rings (SSSR count). The molecule has 6 nitrogen and oxygen atoms in total. The van der Waals surface area contributed by atoms with Crippen LogP contribution in [0.5, 0.6) is 5.75 Å². The van der Waals surface area contributed by atoms with Gasteiger partial charge in [-0.3, -0.25) is 4.40 Å². The summed E-state index contributed by atoms with van der Waals surface area (Å²) in [5.41, 5.74) is 3.18. The maximum absolute atomic E-state index is 14.0. The second kappa shape index (κ2) is 7.78. The van der Waals surface area contributed by atoms with Gasteiger partial charge in [0.1, 0.15) is 23.0 Å². The number of imidazole rings is 1. The minimum atomic E-state index is -4.78. The smallest absolute Gasteiger partial charge is 0.406 e. The molecular weight excluding hydrogens is 438 g/mol. The van der Waals surface area contributed by atoms with Crippen LogP contribution in [0.15, 0.2) is 54.7 Å². The van der Waals surface area contributed by atoms with Gasteiger partial charge >= 0.3 is 6.36 Å². The average Bonchev–Trinajstić information content (AvgIpc) is 3.54. The van der Waals surface area contributed by atoms with Crippen LogP contribution < -0.4 is 10.1 Å². The molecule has 0 spiro atoms. The molecule has 0 unspecified atom stereocenters. The first-order valence-electron chi connectivity index (χ1n) is 10.0. The minimum absolute atomic E-state index is 0.244. The lowest BCUT2D eigenvalue weighted by Crippen LogP contribution is -2.16. The lowest BCUT2D eigenvalue weighted by molar-refractivity contribution is -0.274. The van der Waals surface area contributed by atoms with Gasteiger partial charge in [-0.25, -0.2) is 14.4 Å². The van der Waals surface area contributed by atoms with Gasteiger partial charge in [-0.15, -0.1) is 13.2 Å². The van der Waals surface area contributed by atoms with Crippen LogP contribution in [0, 0.1) is 17.1 Å². The third-order valence-corrected chi connectivity index (χ3v) is 5.13. The van der Waals surface area contributed by atoms with Crippen molar-refractivity contribution in [2.24, 2.45) is 0 Å². The number of aromatic nitrogens is 3. The first-order chi connectivity index (χ1) is 15.8. The van der Waals surface area contributed by atoms with E-state index < -0.39 is 12.2 Å². The highest BCUT2D eigenvalue weighted by Crippen LogP contribution is 2.44. The van der Waals surface area contributed by atoms with E-state index in [1.165, 1.54) is 42.6 Å². The van der Waals surface area contributed by atoms with E-state index in [1.807, 2.05) is 0 Å². The Morgan fingerprint density at radius 3 is 2.48 bits per heavy atom. The summed E-state index contributed by atoms with van der Waals surface area (Å²) < 4.78 is 56.6. The maximum Gasteiger partial charge on any atom is 0.573 e. The molecule has 1 aliphatic carbocycles. The van der Waals surface area contributed by atoms with Crippen LogP contribution in [0.4, 0.5) is 29.1 Å². The largest absolute Gasteiger partial charge is 0.573 e. The fraction of sp³-hybridized carbons (Fsp3) is 0.174. The summed E-state index contributed by atoms with van der Waals surface area (Å²) in [5.74, 6) is -0.233. The number of nitrogens with one attached hydrogen (secondary N) is 1. The Kier molecular flexibility index (Phi) is 4.89. The maximum atomic E-state index is 14.0. The molecule has 4 aromatic rings. The van der Waals surface area contributed by atoms with Crippen LogP contribution in [0.25, 0.3) is 17.0 Å². The van der Waals surface area contributed by atoms with E-state index in [2.05, 4.69) is 26.1 Å². The first kappa shape index (κ1) is 20.8. The number of rotatable bonds is 5. The number of hydrogen-bond acceptors (Lipinski definition) is 5. The fourth-order valence-electron chi connectivity index (χ4n) is 3.60. The summed E-state index contributed by atoms with van der Waals surface area (Å²) in [4.78, 5) is 9.24. The number of hydrogen-bond donors (Lipinski definition) is 1. The Balaban J connectivity index is 1.53. The van der Waals surface area contributed by atoms with Crippen LogP contribution in [0.3, 0.4) is 0 Å². The van der Waals surface area contributed by atoms with Gasteiger partial charge in [0.15, 0.2) is 0 Å². The van der Waals surface area contributed by atoms with E-state index >= 15 is 0 Å². The summed E-state index contributed by atoms with van der Waals surface area (Å²) in [7, 11) is 0. The van der Waals surface area contributed by atoms with Crippen molar-refractivity contribution in [3.63, 3.8) is 0 Å². The average molecular weight is 453 g/mol. The summed E-state index contributed by atoms with van der Waals surface area (Å²) in [6, 6.07) is 13.3. The number of pyridine rings is 2. The van der Waals surface area contributed by atoms with E-state index in [9.17, 15) is 22.8 Å². The number of nitriles is 1. The topological polar surface area (TPSA) is 75.2 Å². The van der Waals surface area contributed by atoms with Gasteiger partial charge in [0.25, 0.3) is 0 Å². The standard InChI is InChI=1S/C23H15F4N5O/c24-15-3-8-20-31-21(14-1-2-14)22(32(20)12-15)18-9-13(11-28)10-19(30-18)29-16-4-6-17(7-5-16)33-23(25,26)27/h3-10,12,14H,1-2H2,(H,29,30). The number of nitrogens with zero attached hydrogens (tertiary/aromatic N) is 4. The number of alkyl halides is 3. The van der Waals surface area contributed by atoms with Crippen LogP contribution in [-0.2, 0) is 0 Å². The predicted octanol–water partition coefficient (Wildman–Crippen LogP) is 5.93. The normalized spacial score (nSPS) is 13.7. The van der Waals surface area contributed by atoms with Crippen molar-refractivity contribution in [3.05, 3.63) is 71.8 Å². The molecule has 0 aliphatic heterocycles. The Labute approximate surface area is 185 Å². The first-order valence-corrected chi connectivity index (χ1v) is 10.0. The lowest BCUT2D eigenvalue weighted by Gasteiger charge is -2.12. The zero-order valence-corrected chi connectivity index (χ0v) is 16.9. The van der Waals surface area contributed by atoms with Gasteiger partial charge in [0.05, 0.1) is 28.7 Å². The number of halogens is 4. The summed E-state index contributed by atoms with van der Waals surface area (Å²) >= 11 is 0. The Hall–Kier alpha value is -4.13. The highest BCUT2D eigenvalue weighted by atomic mass is 19.4. The summed E-state index contributed by atoms with van der Waals surface area (Å²) in [5, 5.41) is 12.5. The Morgan fingerprint density at radius 1 is 1.06 bits per heavy atom. The second-order valence-electron chi connectivity index (χ2n) is 7.63. The van der Waals surface area contributed by atoms with Crippen molar-refractivity contribution in [2.75, 3.05) is 5.32 Å². The molecule has 1 N–H and O–H groups in total. The minimum Gasteiger partial charge on any atom is -0.406 e. The van der Waals surface area contributed by atoms with E-state index in [0.717, 1.165) is 18.5 Å². The van der Waals surface area contributed by atoms with Gasteiger partial charge in [0.2, 0.25) is 0 Å². The van der Waals surface area contributed by atoms with Gasteiger partial charge in [-0.1, -0.05) is 0 Å². The van der Waals surface area contributed by atoms with Gasteiger partial charge in [0, 0.05) is 17.8 Å². The molecule has 0 radical (unpaired) electrons. The van der Waals surface area contributed by atoms with Crippen LogP contribution in [-0.4, -0.2) is 20.7 Å². The van der Waals surface area contributed by atoms with Crippen molar-refractivity contribution < 1.29 is 22.3 Å². The van der Waals surface area contributed by atoms with Crippen molar-refractivity contribution in [1.29, 1.82) is 5.26 Å². The molecule has 3 aromatic heterocycles. The van der Waals surface area contributed by atoms with Gasteiger partial charge < -0.3 is 10.1 Å². The highest BCUT2D eigenvalue weighted by Gasteiger charge is 2.32. The van der Waals surface area contributed by atoms with Gasteiger partial charge in [-0.05, 0) is 61.4 Å². The summed E-state index contributed by atoms with van der Waals surface area (Å²) in [6.07, 6.45) is -1.51. The molecule has 3 heterocycles. The van der Waals surface area contributed by atoms with Crippen molar-refractivity contribution in [2.45, 2.75) is 25.1 Å². The number of benzene rings is 1. The molecule has 0 amide bonds. The zero-order chi connectivity index (χ0) is 23.2. The van der Waals surface area contributed by atoms with Crippen molar-refractivity contribution in [3.8, 4) is 23.2 Å². The third kappa shape index (κ3) is 4.43. The molecule has 166 valence electrons. The third-order valence-electron chi connectivity index (χ3n) is 5.13. The van der Waals surface area contributed by atoms with E-state index in [0.29, 0.717) is 34.1 Å². The Bertz CT molecular complexity index is 1390. The van der Waals surface area contributed by atoms with E-state index in [-0.39, 0.29) is 11.7 Å². The van der Waals surface area contributed by atoms with Gasteiger partial charge in [-0.2, -0.15) is 5.26 Å². The molecule has 33 heavy (non-hydrogen) atoms. The SMILES string of the molecule is N#Cc1cc(Nc2ccc(OC(F)(F)F)cc2)nc(-c2c(C3CC3)nc3ccc(F)cn23)c1. The second-order valence-corrected chi connectivity index (χ2v) is 7.63. The van der Waals surface area contributed by atoms with E-state index in [1.54, 1.807) is 16.5 Å². The Morgan fingerprint density at radius 2 is 1.82 bits per heavy atom. The van der Waals surface area contributed by atoms with Crippen molar-refractivity contribution in [1.82, 2.24) is 14.4 Å². The lowest BCUT2D eigenvalue weighted by atomic mass is 10.1. The quantitative estimate of drug-likeness (QED) is 0.379. The summed E-state index contributed by atoms with van der Waals surface area (Å²) in [6.45, 7) is 0.